The molecule has 0 aliphatic heterocycles. The number of fused-ring (bicyclic) bond motifs is 1. The minimum Gasteiger partial charge on any atom is -0.353 e. The maximum atomic E-state index is 13.3. The van der Waals surface area contributed by atoms with Gasteiger partial charge in [-0.15, -0.1) is 0 Å². The van der Waals surface area contributed by atoms with Crippen molar-refractivity contribution in [2.75, 3.05) is 5.75 Å². The fourth-order valence-corrected chi connectivity index (χ4v) is 4.61. The summed E-state index contributed by atoms with van der Waals surface area (Å²) in [5.41, 5.74) is 2.27. The van der Waals surface area contributed by atoms with E-state index in [0.717, 1.165) is 12.8 Å². The summed E-state index contributed by atoms with van der Waals surface area (Å²) in [5.74, 6) is 0.0571. The largest absolute Gasteiger partial charge is 0.353 e. The highest BCUT2D eigenvalue weighted by atomic mass is 35.5. The lowest BCUT2D eigenvalue weighted by molar-refractivity contribution is -0.119. The molecule has 0 saturated heterocycles. The quantitative estimate of drug-likeness (QED) is 0.277. The van der Waals surface area contributed by atoms with Crippen molar-refractivity contribution >= 4 is 40.2 Å². The van der Waals surface area contributed by atoms with Gasteiger partial charge in [0.2, 0.25) is 5.91 Å². The molecule has 5 nitrogen and oxygen atoms in total. The molecule has 33 heavy (non-hydrogen) atoms. The Hall–Kier alpha value is -3.09. The van der Waals surface area contributed by atoms with Crippen molar-refractivity contribution < 1.29 is 4.79 Å². The van der Waals surface area contributed by atoms with Crippen LogP contribution >= 0.6 is 23.4 Å². The third-order valence-electron chi connectivity index (χ3n) is 5.26. The lowest BCUT2D eigenvalue weighted by Gasteiger charge is -2.15. The number of hydrogen-bond acceptors (Lipinski definition) is 4. The van der Waals surface area contributed by atoms with Crippen molar-refractivity contribution in [3.63, 3.8) is 0 Å². The van der Waals surface area contributed by atoms with Crippen LogP contribution in [0.1, 0.15) is 18.9 Å². The van der Waals surface area contributed by atoms with Crippen molar-refractivity contribution in [2.24, 2.45) is 0 Å². The predicted molar refractivity (Wildman–Crippen MR) is 135 cm³/mol. The Bertz CT molecular complexity index is 1320. The Morgan fingerprint density at radius 3 is 2.61 bits per heavy atom. The molecule has 0 bridgehead atoms. The van der Waals surface area contributed by atoms with Crippen LogP contribution in [0.4, 0.5) is 0 Å². The lowest BCUT2D eigenvalue weighted by Crippen LogP contribution is -2.34. The molecule has 1 atom stereocenters. The first-order valence-electron chi connectivity index (χ1n) is 10.7. The van der Waals surface area contributed by atoms with E-state index in [4.69, 9.17) is 11.6 Å². The summed E-state index contributed by atoms with van der Waals surface area (Å²) in [5, 5.41) is 4.53. The first kappa shape index (κ1) is 23.1. The molecular formula is C26H24ClN3O2S. The fraction of sp³-hybridized carbons (Fsp3) is 0.192. The maximum absolute atomic E-state index is 13.3. The number of thioether (sulfide) groups is 1. The number of benzene rings is 3. The van der Waals surface area contributed by atoms with Gasteiger partial charge in [-0.1, -0.05) is 71.9 Å². The van der Waals surface area contributed by atoms with Crippen molar-refractivity contribution in [3.05, 3.63) is 99.8 Å². The van der Waals surface area contributed by atoms with Gasteiger partial charge in [0.1, 0.15) is 0 Å². The Morgan fingerprint density at radius 2 is 1.82 bits per heavy atom. The highest BCUT2D eigenvalue weighted by Gasteiger charge is 2.16. The standard InChI is InChI=1S/C26H24ClN3O2S/c1-18(14-15-19-8-3-2-4-9-19)28-24(31)17-33-26-29-23-13-6-5-12-22(23)25(32)30(26)21-11-7-10-20(27)16-21/h2-13,16,18H,14-15,17H2,1H3,(H,28,31). The van der Waals surface area contributed by atoms with E-state index in [9.17, 15) is 9.59 Å². The predicted octanol–water partition coefficient (Wildman–Crippen LogP) is 5.27. The van der Waals surface area contributed by atoms with Gasteiger partial charge in [0.15, 0.2) is 5.16 Å². The van der Waals surface area contributed by atoms with Gasteiger partial charge >= 0.3 is 0 Å². The van der Waals surface area contributed by atoms with E-state index in [1.54, 1.807) is 36.4 Å². The van der Waals surface area contributed by atoms with Crippen molar-refractivity contribution in [1.29, 1.82) is 0 Å². The zero-order valence-corrected chi connectivity index (χ0v) is 19.8. The van der Waals surface area contributed by atoms with Crippen molar-refractivity contribution in [1.82, 2.24) is 14.9 Å². The van der Waals surface area contributed by atoms with Gasteiger partial charge in [0.25, 0.3) is 5.56 Å². The Balaban J connectivity index is 1.50. The third kappa shape index (κ3) is 5.83. The molecule has 0 spiro atoms. The molecular weight excluding hydrogens is 454 g/mol. The van der Waals surface area contributed by atoms with Crippen LogP contribution in [0, 0.1) is 0 Å². The van der Waals surface area contributed by atoms with Crippen LogP contribution in [0.3, 0.4) is 0 Å². The van der Waals surface area contributed by atoms with Crippen LogP contribution in [0.2, 0.25) is 5.02 Å². The average Bonchev–Trinajstić information content (AvgIpc) is 2.82. The minimum atomic E-state index is -0.193. The number of halogens is 1. The smallest absolute Gasteiger partial charge is 0.266 e. The Kier molecular flexibility index (Phi) is 7.47. The first-order valence-corrected chi connectivity index (χ1v) is 12.1. The summed E-state index contributed by atoms with van der Waals surface area (Å²) in [6, 6.07) is 24.5. The van der Waals surface area contributed by atoms with Gasteiger partial charge in [-0.3, -0.25) is 14.2 Å². The molecule has 1 aromatic heterocycles. The van der Waals surface area contributed by atoms with Crippen LogP contribution in [-0.2, 0) is 11.2 Å². The molecule has 0 radical (unpaired) electrons. The molecule has 0 aliphatic carbocycles. The van der Waals surface area contributed by atoms with Gasteiger partial charge < -0.3 is 5.32 Å². The molecule has 0 fully saturated rings. The van der Waals surface area contributed by atoms with Gasteiger partial charge in [-0.2, -0.15) is 0 Å². The van der Waals surface area contributed by atoms with E-state index in [1.165, 1.54) is 21.9 Å². The highest BCUT2D eigenvalue weighted by molar-refractivity contribution is 7.99. The molecule has 7 heteroatoms. The number of rotatable bonds is 8. The number of aryl methyl sites for hydroxylation is 1. The number of nitrogens with one attached hydrogen (secondary N) is 1. The van der Waals surface area contributed by atoms with E-state index in [0.29, 0.717) is 26.8 Å². The summed E-state index contributed by atoms with van der Waals surface area (Å²) in [6.45, 7) is 2.00. The van der Waals surface area contributed by atoms with Crippen molar-refractivity contribution in [3.8, 4) is 5.69 Å². The Labute approximate surface area is 201 Å². The summed E-state index contributed by atoms with van der Waals surface area (Å²) in [7, 11) is 0. The lowest BCUT2D eigenvalue weighted by atomic mass is 10.1. The molecule has 3 aromatic carbocycles. The Morgan fingerprint density at radius 1 is 1.06 bits per heavy atom. The van der Waals surface area contributed by atoms with Crippen LogP contribution in [-0.4, -0.2) is 27.3 Å². The molecule has 1 heterocycles. The SMILES string of the molecule is CC(CCc1ccccc1)NC(=O)CSc1nc2ccccc2c(=O)n1-c1cccc(Cl)c1. The first-order chi connectivity index (χ1) is 16.0. The number of nitrogens with zero attached hydrogens (tertiary/aromatic N) is 2. The second-order valence-corrected chi connectivity index (χ2v) is 9.19. The summed E-state index contributed by atoms with van der Waals surface area (Å²) >= 11 is 7.41. The zero-order chi connectivity index (χ0) is 23.2. The summed E-state index contributed by atoms with van der Waals surface area (Å²) in [6.07, 6.45) is 1.75. The second-order valence-electron chi connectivity index (χ2n) is 7.81. The van der Waals surface area contributed by atoms with E-state index in [2.05, 4.69) is 22.4 Å². The number of carbonyl (C=O) groups is 1. The molecule has 0 aliphatic rings. The van der Waals surface area contributed by atoms with E-state index in [1.807, 2.05) is 37.3 Å². The topological polar surface area (TPSA) is 64.0 Å². The van der Waals surface area contributed by atoms with Gasteiger partial charge in [-0.05, 0) is 55.7 Å². The monoisotopic (exact) mass is 477 g/mol. The average molecular weight is 478 g/mol. The van der Waals surface area contributed by atoms with E-state index >= 15 is 0 Å². The normalized spacial score (nSPS) is 11.9. The highest BCUT2D eigenvalue weighted by Crippen LogP contribution is 2.23. The van der Waals surface area contributed by atoms with Gasteiger partial charge in [0.05, 0.1) is 22.3 Å². The molecule has 4 rings (SSSR count). The van der Waals surface area contributed by atoms with E-state index < -0.39 is 0 Å². The molecule has 168 valence electrons. The third-order valence-corrected chi connectivity index (χ3v) is 6.43. The van der Waals surface area contributed by atoms with Crippen LogP contribution < -0.4 is 10.9 Å². The van der Waals surface area contributed by atoms with Crippen LogP contribution in [0.5, 0.6) is 0 Å². The van der Waals surface area contributed by atoms with E-state index in [-0.39, 0.29) is 23.3 Å². The number of amides is 1. The summed E-state index contributed by atoms with van der Waals surface area (Å²) < 4.78 is 1.52. The second kappa shape index (κ2) is 10.7. The molecule has 0 saturated carbocycles. The number of carbonyl (C=O) groups excluding carboxylic acids is 1. The van der Waals surface area contributed by atoms with Crippen molar-refractivity contribution in [2.45, 2.75) is 31.0 Å². The molecule has 1 amide bonds. The number of hydrogen-bond donors (Lipinski definition) is 1. The molecule has 1 N–H and O–H groups in total. The minimum absolute atomic E-state index is 0.0398. The molecule has 4 aromatic rings. The maximum Gasteiger partial charge on any atom is 0.266 e. The summed E-state index contributed by atoms with van der Waals surface area (Å²) in [4.78, 5) is 30.6. The fourth-order valence-electron chi connectivity index (χ4n) is 3.60. The van der Waals surface area contributed by atoms with Gasteiger partial charge in [0, 0.05) is 11.1 Å². The molecule has 1 unspecified atom stereocenters. The number of aromatic nitrogens is 2. The van der Waals surface area contributed by atoms with Crippen LogP contribution in [0.25, 0.3) is 16.6 Å². The van der Waals surface area contributed by atoms with Gasteiger partial charge in [-0.25, -0.2) is 4.98 Å². The zero-order valence-electron chi connectivity index (χ0n) is 18.2. The van der Waals surface area contributed by atoms with Crippen LogP contribution in [0.15, 0.2) is 88.8 Å². The number of para-hydroxylation sites is 1.